The summed E-state index contributed by atoms with van der Waals surface area (Å²) in [7, 11) is 0. The molecule has 1 aromatic rings. The van der Waals surface area contributed by atoms with E-state index < -0.39 is 36.7 Å². The van der Waals surface area contributed by atoms with Crippen molar-refractivity contribution in [1.82, 2.24) is 0 Å². The first-order valence-electron chi connectivity index (χ1n) is 7.72. The lowest BCUT2D eigenvalue weighted by atomic mass is 9.80. The first-order chi connectivity index (χ1) is 11.5. The van der Waals surface area contributed by atoms with Crippen LogP contribution in [0.4, 0.5) is 32.0 Å². The minimum absolute atomic E-state index is 0.00798. The van der Waals surface area contributed by atoms with Crippen molar-refractivity contribution in [3.63, 3.8) is 0 Å². The zero-order valence-corrected chi connectivity index (χ0v) is 13.1. The average molecular weight is 369 g/mol. The Balaban J connectivity index is 1.96. The van der Waals surface area contributed by atoms with Crippen LogP contribution in [0.15, 0.2) is 24.3 Å². The Morgan fingerprint density at radius 1 is 1.16 bits per heavy atom. The number of carbonyl (C=O) groups is 1. The summed E-state index contributed by atoms with van der Waals surface area (Å²) in [4.78, 5) is 12.2. The highest BCUT2D eigenvalue weighted by Gasteiger charge is 2.43. The molecule has 1 N–H and O–H groups in total. The minimum Gasteiger partial charge on any atom is -0.484 e. The van der Waals surface area contributed by atoms with Crippen LogP contribution >= 0.6 is 0 Å². The number of carbonyl (C=O) groups excluding carboxylic acids is 1. The van der Waals surface area contributed by atoms with E-state index >= 15 is 0 Å². The molecule has 0 saturated heterocycles. The molecule has 140 valence electrons. The molecule has 1 aromatic carbocycles. The lowest BCUT2D eigenvalue weighted by Gasteiger charge is -2.29. The second kappa shape index (κ2) is 7.53. The average Bonchev–Trinajstić information content (AvgIpc) is 2.52. The van der Waals surface area contributed by atoms with Crippen LogP contribution in [-0.4, -0.2) is 24.9 Å². The maximum Gasteiger partial charge on any atom is 0.422 e. The molecule has 2 unspecified atom stereocenters. The Morgan fingerprint density at radius 3 is 2.52 bits per heavy atom. The summed E-state index contributed by atoms with van der Waals surface area (Å²) >= 11 is 0. The molecule has 0 radical (unpaired) electrons. The summed E-state index contributed by atoms with van der Waals surface area (Å²) in [6.45, 7) is -1.47. The van der Waals surface area contributed by atoms with Crippen molar-refractivity contribution >= 4 is 11.6 Å². The Labute approximate surface area is 140 Å². The molecule has 25 heavy (non-hydrogen) atoms. The van der Waals surface area contributed by atoms with Crippen molar-refractivity contribution in [3.05, 3.63) is 24.3 Å². The molecule has 9 heteroatoms. The number of rotatable bonds is 4. The minimum atomic E-state index is -4.49. The Morgan fingerprint density at radius 2 is 1.88 bits per heavy atom. The van der Waals surface area contributed by atoms with Crippen LogP contribution in [-0.2, 0) is 4.79 Å². The first-order valence-corrected chi connectivity index (χ1v) is 7.72. The van der Waals surface area contributed by atoms with E-state index in [1.165, 1.54) is 24.3 Å². The van der Waals surface area contributed by atoms with Crippen LogP contribution in [0.1, 0.15) is 25.7 Å². The lowest BCUT2D eigenvalue weighted by molar-refractivity contribution is -0.185. The van der Waals surface area contributed by atoms with Crippen LogP contribution in [0, 0.1) is 11.8 Å². The fourth-order valence-corrected chi connectivity index (χ4v) is 2.80. The van der Waals surface area contributed by atoms with Crippen molar-refractivity contribution in [1.29, 1.82) is 0 Å². The van der Waals surface area contributed by atoms with Crippen molar-refractivity contribution in [2.45, 2.75) is 38.0 Å². The summed E-state index contributed by atoms with van der Waals surface area (Å²) in [5.41, 5.74) is 0.179. The van der Waals surface area contributed by atoms with Crippen LogP contribution in [0.2, 0.25) is 0 Å². The largest absolute Gasteiger partial charge is 0.484 e. The Kier molecular flexibility index (Phi) is 5.84. The van der Waals surface area contributed by atoms with Gasteiger partial charge in [0.2, 0.25) is 5.91 Å². The summed E-state index contributed by atoms with van der Waals surface area (Å²) in [5.74, 6) is -2.94. The normalized spacial score (nSPS) is 21.7. The summed E-state index contributed by atoms with van der Waals surface area (Å²) < 4.78 is 79.4. The number of hydrogen-bond acceptors (Lipinski definition) is 2. The highest BCUT2D eigenvalue weighted by atomic mass is 19.4. The van der Waals surface area contributed by atoms with Gasteiger partial charge in [0.05, 0.1) is 5.92 Å². The van der Waals surface area contributed by atoms with Gasteiger partial charge in [0, 0.05) is 17.7 Å². The van der Waals surface area contributed by atoms with Gasteiger partial charge in [-0.05, 0) is 31.4 Å². The molecule has 0 heterocycles. The second-order valence-electron chi connectivity index (χ2n) is 6.02. The highest BCUT2D eigenvalue weighted by Crippen LogP contribution is 2.40. The predicted molar refractivity (Wildman–Crippen MR) is 78.1 cm³/mol. The quantitative estimate of drug-likeness (QED) is 0.764. The van der Waals surface area contributed by atoms with Gasteiger partial charge in [-0.3, -0.25) is 4.79 Å². The molecule has 0 aliphatic heterocycles. The fourth-order valence-electron chi connectivity index (χ4n) is 2.80. The molecule has 2 rings (SSSR count). The zero-order chi connectivity index (χ0) is 18.7. The molecule has 1 aliphatic carbocycles. The smallest absolute Gasteiger partial charge is 0.422 e. The molecule has 0 aromatic heterocycles. The van der Waals surface area contributed by atoms with E-state index in [-0.39, 0.29) is 24.3 Å². The molecular weight excluding hydrogens is 352 g/mol. The molecule has 1 amide bonds. The zero-order valence-electron chi connectivity index (χ0n) is 13.1. The molecule has 1 saturated carbocycles. The highest BCUT2D eigenvalue weighted by molar-refractivity contribution is 5.92. The summed E-state index contributed by atoms with van der Waals surface area (Å²) in [6, 6.07) is 5.32. The van der Waals surface area contributed by atoms with Crippen molar-refractivity contribution < 1.29 is 35.9 Å². The maximum atomic E-state index is 12.8. The van der Waals surface area contributed by atoms with Gasteiger partial charge >= 0.3 is 12.4 Å². The number of alkyl halides is 6. The van der Waals surface area contributed by atoms with E-state index in [9.17, 15) is 31.1 Å². The van der Waals surface area contributed by atoms with E-state index in [0.29, 0.717) is 12.8 Å². The van der Waals surface area contributed by atoms with E-state index in [0.717, 1.165) is 0 Å². The molecule has 2 atom stereocenters. The number of hydrogen-bond donors (Lipinski definition) is 1. The van der Waals surface area contributed by atoms with Crippen LogP contribution < -0.4 is 10.1 Å². The van der Waals surface area contributed by atoms with Crippen LogP contribution in [0.5, 0.6) is 5.75 Å². The first kappa shape index (κ1) is 19.4. The molecule has 1 fully saturated rings. The van der Waals surface area contributed by atoms with Crippen molar-refractivity contribution in [3.8, 4) is 5.75 Å². The SMILES string of the molecule is O=C(Nc1cccc(OCC(F)(F)F)c1)C1CCCC(C(F)(F)F)C1. The van der Waals surface area contributed by atoms with Gasteiger partial charge in [-0.2, -0.15) is 26.3 Å². The molecule has 1 aliphatic rings. The number of ether oxygens (including phenoxy) is 1. The fraction of sp³-hybridized carbons (Fsp3) is 0.562. The van der Waals surface area contributed by atoms with E-state index in [4.69, 9.17) is 0 Å². The number of anilines is 1. The van der Waals surface area contributed by atoms with Gasteiger partial charge in [-0.1, -0.05) is 12.5 Å². The van der Waals surface area contributed by atoms with Crippen LogP contribution in [0.25, 0.3) is 0 Å². The van der Waals surface area contributed by atoms with Crippen LogP contribution in [0.3, 0.4) is 0 Å². The predicted octanol–water partition coefficient (Wildman–Crippen LogP) is 4.93. The van der Waals surface area contributed by atoms with Gasteiger partial charge in [0.25, 0.3) is 0 Å². The van der Waals surface area contributed by atoms with Gasteiger partial charge in [0.1, 0.15) is 5.75 Å². The number of nitrogens with one attached hydrogen (secondary N) is 1. The van der Waals surface area contributed by atoms with E-state index in [1.807, 2.05) is 0 Å². The Bertz CT molecular complexity index is 599. The topological polar surface area (TPSA) is 38.3 Å². The second-order valence-corrected chi connectivity index (χ2v) is 6.02. The summed E-state index contributed by atoms with van der Waals surface area (Å²) in [6.07, 6.45) is -8.44. The third kappa shape index (κ3) is 6.13. The van der Waals surface area contributed by atoms with Crippen molar-refractivity contribution in [2.24, 2.45) is 11.8 Å². The van der Waals surface area contributed by atoms with E-state index in [2.05, 4.69) is 10.1 Å². The standard InChI is InChI=1S/C16H17F6NO2/c17-15(18,19)9-25-13-6-2-5-12(8-13)23-14(24)10-3-1-4-11(7-10)16(20,21)22/h2,5-6,8,10-11H,1,3-4,7,9H2,(H,23,24). The lowest BCUT2D eigenvalue weighted by Crippen LogP contribution is -2.34. The van der Waals surface area contributed by atoms with Gasteiger partial charge < -0.3 is 10.1 Å². The third-order valence-electron chi connectivity index (χ3n) is 4.01. The van der Waals surface area contributed by atoms with Gasteiger partial charge in [0.15, 0.2) is 6.61 Å². The van der Waals surface area contributed by atoms with Gasteiger partial charge in [-0.25, -0.2) is 0 Å². The van der Waals surface area contributed by atoms with E-state index in [1.54, 1.807) is 0 Å². The number of halogens is 6. The third-order valence-corrected chi connectivity index (χ3v) is 4.01. The Hall–Kier alpha value is -1.93. The van der Waals surface area contributed by atoms with Crippen molar-refractivity contribution in [2.75, 3.05) is 11.9 Å². The monoisotopic (exact) mass is 369 g/mol. The number of benzene rings is 1. The molecule has 3 nitrogen and oxygen atoms in total. The molecular formula is C16H17F6NO2. The maximum absolute atomic E-state index is 12.8. The number of amides is 1. The molecule has 0 bridgehead atoms. The summed E-state index contributed by atoms with van der Waals surface area (Å²) in [5, 5.41) is 2.45. The van der Waals surface area contributed by atoms with Gasteiger partial charge in [-0.15, -0.1) is 0 Å². The molecule has 0 spiro atoms.